The molecule has 102 valence electrons. The smallest absolute Gasteiger partial charge is 0.221 e. The molecule has 0 unspecified atom stereocenters. The van der Waals surface area contributed by atoms with Crippen LogP contribution in [0.5, 0.6) is 0 Å². The van der Waals surface area contributed by atoms with Crippen molar-refractivity contribution in [3.05, 3.63) is 0 Å². The summed E-state index contributed by atoms with van der Waals surface area (Å²) in [6.07, 6.45) is 8.40. The normalized spacial score (nSPS) is 19.3. The number of ether oxygens (including phenoxy) is 1. The zero-order valence-electron chi connectivity index (χ0n) is 11.3. The third kappa shape index (κ3) is 5.05. The van der Waals surface area contributed by atoms with Gasteiger partial charge < -0.3 is 10.1 Å². The third-order valence-electron chi connectivity index (χ3n) is 3.55. The molecular weight excluding hydrogens is 228 g/mol. The van der Waals surface area contributed by atoms with E-state index >= 15 is 0 Å². The fourth-order valence-electron chi connectivity index (χ4n) is 2.48. The van der Waals surface area contributed by atoms with Crippen molar-refractivity contribution in [2.24, 2.45) is 0 Å². The Kier molecular flexibility index (Phi) is 6.74. The number of carbonyl (C=O) groups is 1. The molecule has 1 rings (SSSR count). The summed E-state index contributed by atoms with van der Waals surface area (Å²) in [5.74, 6) is -0.0193. The van der Waals surface area contributed by atoms with E-state index in [1.165, 1.54) is 19.3 Å². The monoisotopic (exact) mass is 252 g/mol. The Morgan fingerprint density at radius 2 is 1.89 bits per heavy atom. The molecule has 0 aromatic carbocycles. The SMILES string of the molecule is COCCCC(=O)NC1(C#N)CCCCCCC1. The molecule has 18 heavy (non-hydrogen) atoms. The number of hydrogen-bond acceptors (Lipinski definition) is 3. The van der Waals surface area contributed by atoms with Gasteiger partial charge in [-0.25, -0.2) is 0 Å². The van der Waals surface area contributed by atoms with Gasteiger partial charge in [-0.05, 0) is 19.3 Å². The van der Waals surface area contributed by atoms with E-state index in [1.807, 2.05) is 0 Å². The molecule has 1 saturated carbocycles. The van der Waals surface area contributed by atoms with Gasteiger partial charge in [0, 0.05) is 20.1 Å². The second-order valence-electron chi connectivity index (χ2n) is 5.11. The van der Waals surface area contributed by atoms with E-state index in [1.54, 1.807) is 7.11 Å². The topological polar surface area (TPSA) is 62.1 Å². The molecule has 0 atom stereocenters. The third-order valence-corrected chi connectivity index (χ3v) is 3.55. The summed E-state index contributed by atoms with van der Waals surface area (Å²) in [4.78, 5) is 11.8. The molecule has 0 aromatic rings. The van der Waals surface area contributed by atoms with Gasteiger partial charge in [0.05, 0.1) is 6.07 Å². The fourth-order valence-corrected chi connectivity index (χ4v) is 2.48. The van der Waals surface area contributed by atoms with Crippen LogP contribution in [0.3, 0.4) is 0 Å². The van der Waals surface area contributed by atoms with E-state index in [4.69, 9.17) is 4.74 Å². The number of rotatable bonds is 5. The van der Waals surface area contributed by atoms with Crippen molar-refractivity contribution in [2.45, 2.75) is 63.3 Å². The molecule has 0 aliphatic heterocycles. The summed E-state index contributed by atoms with van der Waals surface area (Å²) < 4.78 is 4.93. The molecule has 1 aliphatic carbocycles. The lowest BCUT2D eigenvalue weighted by molar-refractivity contribution is -0.123. The Hall–Kier alpha value is -1.08. The second-order valence-corrected chi connectivity index (χ2v) is 5.11. The summed E-state index contributed by atoms with van der Waals surface area (Å²) in [6.45, 7) is 0.590. The van der Waals surface area contributed by atoms with E-state index < -0.39 is 5.54 Å². The van der Waals surface area contributed by atoms with Crippen LogP contribution in [0.15, 0.2) is 0 Å². The molecule has 0 spiro atoms. The average molecular weight is 252 g/mol. The van der Waals surface area contributed by atoms with Gasteiger partial charge in [-0.15, -0.1) is 0 Å². The highest BCUT2D eigenvalue weighted by molar-refractivity contribution is 5.77. The zero-order valence-corrected chi connectivity index (χ0v) is 11.3. The van der Waals surface area contributed by atoms with E-state index in [9.17, 15) is 10.1 Å². The molecule has 1 N–H and O–H groups in total. The van der Waals surface area contributed by atoms with Crippen molar-refractivity contribution >= 4 is 5.91 Å². The minimum Gasteiger partial charge on any atom is -0.385 e. The Morgan fingerprint density at radius 1 is 1.28 bits per heavy atom. The van der Waals surface area contributed by atoms with E-state index in [0.29, 0.717) is 19.4 Å². The lowest BCUT2D eigenvalue weighted by Crippen LogP contribution is -2.47. The summed E-state index contributed by atoms with van der Waals surface area (Å²) in [5, 5.41) is 12.3. The molecule has 0 bridgehead atoms. The molecule has 1 amide bonds. The van der Waals surface area contributed by atoms with Crippen molar-refractivity contribution in [1.82, 2.24) is 5.32 Å². The number of carbonyl (C=O) groups excluding carboxylic acids is 1. The number of nitriles is 1. The van der Waals surface area contributed by atoms with Crippen LogP contribution in [0.2, 0.25) is 0 Å². The van der Waals surface area contributed by atoms with Crippen molar-refractivity contribution in [1.29, 1.82) is 5.26 Å². The number of amides is 1. The van der Waals surface area contributed by atoms with Gasteiger partial charge in [0.1, 0.15) is 5.54 Å². The van der Waals surface area contributed by atoms with Crippen LogP contribution in [-0.4, -0.2) is 25.2 Å². The van der Waals surface area contributed by atoms with Crippen LogP contribution in [0.1, 0.15) is 57.8 Å². The minimum atomic E-state index is -0.620. The van der Waals surface area contributed by atoms with Crippen LogP contribution in [0.4, 0.5) is 0 Å². The second kappa shape index (κ2) is 8.10. The summed E-state index contributed by atoms with van der Waals surface area (Å²) in [7, 11) is 1.63. The molecule has 1 aliphatic rings. The minimum absolute atomic E-state index is 0.0193. The Bertz CT molecular complexity index is 289. The molecule has 4 nitrogen and oxygen atoms in total. The predicted octanol–water partition coefficient (Wildman–Crippen LogP) is 2.54. The standard InChI is InChI=1S/C14H24N2O2/c1-18-11-7-8-13(17)16-14(12-15)9-5-3-2-4-6-10-14/h2-11H2,1H3,(H,16,17). The molecule has 0 radical (unpaired) electrons. The number of nitrogens with one attached hydrogen (secondary N) is 1. The summed E-state index contributed by atoms with van der Waals surface area (Å²) >= 11 is 0. The molecule has 0 aromatic heterocycles. The van der Waals surface area contributed by atoms with Crippen LogP contribution >= 0.6 is 0 Å². The van der Waals surface area contributed by atoms with Gasteiger partial charge >= 0.3 is 0 Å². The van der Waals surface area contributed by atoms with Crippen LogP contribution in [0.25, 0.3) is 0 Å². The highest BCUT2D eigenvalue weighted by Crippen LogP contribution is 2.26. The van der Waals surface area contributed by atoms with Gasteiger partial charge in [0.15, 0.2) is 0 Å². The highest BCUT2D eigenvalue weighted by atomic mass is 16.5. The van der Waals surface area contributed by atoms with Crippen molar-refractivity contribution in [2.75, 3.05) is 13.7 Å². The largest absolute Gasteiger partial charge is 0.385 e. The quantitative estimate of drug-likeness (QED) is 0.765. The first kappa shape index (κ1) is 15.0. The number of methoxy groups -OCH3 is 1. The molecule has 0 saturated heterocycles. The van der Waals surface area contributed by atoms with E-state index in [0.717, 1.165) is 25.7 Å². The fraction of sp³-hybridized carbons (Fsp3) is 0.857. The summed E-state index contributed by atoms with van der Waals surface area (Å²) in [5.41, 5.74) is -0.620. The Balaban J connectivity index is 2.47. The van der Waals surface area contributed by atoms with E-state index in [2.05, 4.69) is 11.4 Å². The van der Waals surface area contributed by atoms with Gasteiger partial charge in [-0.3, -0.25) is 4.79 Å². The number of hydrogen-bond donors (Lipinski definition) is 1. The maximum Gasteiger partial charge on any atom is 0.221 e. The van der Waals surface area contributed by atoms with Gasteiger partial charge in [0.25, 0.3) is 0 Å². The molecule has 1 fully saturated rings. The Morgan fingerprint density at radius 3 is 2.44 bits per heavy atom. The zero-order chi connectivity index (χ0) is 13.3. The first-order chi connectivity index (χ1) is 8.72. The highest BCUT2D eigenvalue weighted by Gasteiger charge is 2.31. The lowest BCUT2D eigenvalue weighted by Gasteiger charge is -2.29. The first-order valence-corrected chi connectivity index (χ1v) is 6.94. The molecule has 0 heterocycles. The van der Waals surface area contributed by atoms with Crippen molar-refractivity contribution in [3.8, 4) is 6.07 Å². The van der Waals surface area contributed by atoms with Gasteiger partial charge in [-0.2, -0.15) is 5.26 Å². The van der Waals surface area contributed by atoms with Gasteiger partial charge in [0.2, 0.25) is 5.91 Å². The Labute approximate surface area is 110 Å². The van der Waals surface area contributed by atoms with Crippen LogP contribution in [0, 0.1) is 11.3 Å². The van der Waals surface area contributed by atoms with Crippen LogP contribution < -0.4 is 5.32 Å². The predicted molar refractivity (Wildman–Crippen MR) is 69.9 cm³/mol. The summed E-state index contributed by atoms with van der Waals surface area (Å²) in [6, 6.07) is 2.34. The average Bonchev–Trinajstić information content (AvgIpc) is 2.33. The molecule has 4 heteroatoms. The van der Waals surface area contributed by atoms with Crippen molar-refractivity contribution in [3.63, 3.8) is 0 Å². The lowest BCUT2D eigenvalue weighted by atomic mass is 9.85. The maximum absolute atomic E-state index is 11.8. The van der Waals surface area contributed by atoms with E-state index in [-0.39, 0.29) is 5.91 Å². The number of nitrogens with zero attached hydrogens (tertiary/aromatic N) is 1. The first-order valence-electron chi connectivity index (χ1n) is 6.94. The van der Waals surface area contributed by atoms with Gasteiger partial charge in [-0.1, -0.05) is 32.1 Å². The molecular formula is C14H24N2O2. The maximum atomic E-state index is 11.8. The van der Waals surface area contributed by atoms with Crippen molar-refractivity contribution < 1.29 is 9.53 Å². The van der Waals surface area contributed by atoms with Crippen LogP contribution in [-0.2, 0) is 9.53 Å².